The first kappa shape index (κ1) is 15.7. The van der Waals surface area contributed by atoms with E-state index in [1.165, 1.54) is 23.1 Å². The molecule has 112 valence electrons. The number of hydrogen-bond acceptors (Lipinski definition) is 5. The highest BCUT2D eigenvalue weighted by Crippen LogP contribution is 2.27. The highest BCUT2D eigenvalue weighted by atomic mass is 79.9. The summed E-state index contributed by atoms with van der Waals surface area (Å²) in [5.41, 5.74) is 0.929. The van der Waals surface area contributed by atoms with Crippen molar-refractivity contribution >= 4 is 56.4 Å². The maximum absolute atomic E-state index is 12.0. The van der Waals surface area contributed by atoms with Crippen LogP contribution in [0.2, 0.25) is 4.34 Å². The van der Waals surface area contributed by atoms with Crippen LogP contribution >= 0.6 is 50.6 Å². The number of carbonyl (C=O) groups excluding carboxylic acids is 1. The minimum Gasteiger partial charge on any atom is -0.292 e. The Hall–Kier alpha value is -1.15. The molecule has 4 nitrogen and oxygen atoms in total. The molecule has 1 N–H and O–H groups in total. The lowest BCUT2D eigenvalue weighted by atomic mass is 10.2. The number of nitrogens with zero attached hydrogens (tertiary/aromatic N) is 2. The van der Waals surface area contributed by atoms with E-state index in [-0.39, 0.29) is 11.5 Å². The number of aromatic amines is 1. The van der Waals surface area contributed by atoms with E-state index in [0.717, 1.165) is 10.0 Å². The van der Waals surface area contributed by atoms with E-state index in [0.29, 0.717) is 20.2 Å². The smallest absolute Gasteiger partial charge is 0.209 e. The molecule has 2 heterocycles. The molecule has 0 unspecified atom stereocenters. The molecule has 0 aliphatic rings. The zero-order valence-corrected chi connectivity index (χ0v) is 15.0. The first-order chi connectivity index (χ1) is 10.6. The molecule has 0 atom stereocenters. The molecule has 2 aromatic heterocycles. The number of aromatic nitrogens is 3. The summed E-state index contributed by atoms with van der Waals surface area (Å²) >= 11 is 11.9. The number of Topliss-reactive ketones (excluding diaryl/α,β-unsaturated/α-hetero) is 1. The van der Waals surface area contributed by atoms with Crippen LogP contribution in [-0.2, 0) is 0 Å². The number of halogens is 2. The van der Waals surface area contributed by atoms with Gasteiger partial charge in [-0.25, -0.2) is 4.98 Å². The van der Waals surface area contributed by atoms with Crippen molar-refractivity contribution in [2.75, 3.05) is 5.75 Å². The standard InChI is InChI=1S/C14H9BrClN3OS2/c15-9-4-2-1-3-8(9)13-17-14(19-18-13)21-7-10(20)11-5-6-12(16)22-11/h1-6H,7H2,(H,17,18,19). The molecule has 0 aliphatic carbocycles. The minimum atomic E-state index is 0.0224. The summed E-state index contributed by atoms with van der Waals surface area (Å²) in [4.78, 5) is 17.1. The van der Waals surface area contributed by atoms with Crippen molar-refractivity contribution in [3.05, 3.63) is 50.1 Å². The Bertz CT molecular complexity index is 818. The summed E-state index contributed by atoms with van der Waals surface area (Å²) in [7, 11) is 0. The van der Waals surface area contributed by atoms with Gasteiger partial charge >= 0.3 is 0 Å². The summed E-state index contributed by atoms with van der Waals surface area (Å²) in [5.74, 6) is 0.972. The SMILES string of the molecule is O=C(CSc1n[nH]c(-c2ccccc2Br)n1)c1ccc(Cl)s1. The van der Waals surface area contributed by atoms with Gasteiger partial charge in [-0.1, -0.05) is 57.5 Å². The van der Waals surface area contributed by atoms with Gasteiger partial charge in [0, 0.05) is 10.0 Å². The number of benzene rings is 1. The third-order valence-corrected chi connectivity index (χ3v) is 5.59. The lowest BCUT2D eigenvalue weighted by molar-refractivity contribution is 0.102. The van der Waals surface area contributed by atoms with Crippen LogP contribution < -0.4 is 0 Å². The number of hydrogen-bond donors (Lipinski definition) is 1. The summed E-state index contributed by atoms with van der Waals surface area (Å²) in [6, 6.07) is 11.2. The maximum Gasteiger partial charge on any atom is 0.209 e. The topological polar surface area (TPSA) is 58.6 Å². The number of rotatable bonds is 5. The molecule has 0 spiro atoms. The van der Waals surface area contributed by atoms with Crippen LogP contribution in [0.15, 0.2) is 46.0 Å². The predicted molar refractivity (Wildman–Crippen MR) is 93.9 cm³/mol. The number of carbonyl (C=O) groups is 1. The van der Waals surface area contributed by atoms with Gasteiger partial charge in [-0.05, 0) is 18.2 Å². The Balaban J connectivity index is 1.67. The van der Waals surface area contributed by atoms with Crippen LogP contribution in [0.25, 0.3) is 11.4 Å². The van der Waals surface area contributed by atoms with Crippen molar-refractivity contribution in [1.29, 1.82) is 0 Å². The maximum atomic E-state index is 12.0. The van der Waals surface area contributed by atoms with Crippen molar-refractivity contribution in [1.82, 2.24) is 15.2 Å². The Morgan fingerprint density at radius 1 is 1.32 bits per heavy atom. The monoisotopic (exact) mass is 413 g/mol. The van der Waals surface area contributed by atoms with Crippen LogP contribution in [0.4, 0.5) is 0 Å². The molecule has 0 saturated heterocycles. The van der Waals surface area contributed by atoms with Gasteiger partial charge in [0.15, 0.2) is 11.6 Å². The van der Waals surface area contributed by atoms with E-state index < -0.39 is 0 Å². The zero-order chi connectivity index (χ0) is 15.5. The van der Waals surface area contributed by atoms with E-state index in [2.05, 4.69) is 31.1 Å². The number of H-pyrrole nitrogens is 1. The summed E-state index contributed by atoms with van der Waals surface area (Å²) in [5, 5.41) is 7.57. The van der Waals surface area contributed by atoms with E-state index >= 15 is 0 Å². The van der Waals surface area contributed by atoms with E-state index in [1.54, 1.807) is 12.1 Å². The van der Waals surface area contributed by atoms with E-state index in [4.69, 9.17) is 11.6 Å². The minimum absolute atomic E-state index is 0.0224. The van der Waals surface area contributed by atoms with Crippen LogP contribution in [0, 0.1) is 0 Å². The van der Waals surface area contributed by atoms with Gasteiger partial charge in [-0.15, -0.1) is 16.4 Å². The van der Waals surface area contributed by atoms with Gasteiger partial charge in [-0.2, -0.15) is 0 Å². The van der Waals surface area contributed by atoms with Crippen LogP contribution in [0.5, 0.6) is 0 Å². The first-order valence-electron chi connectivity index (χ1n) is 6.22. The second-order valence-electron chi connectivity index (χ2n) is 4.26. The number of thioether (sulfide) groups is 1. The molecule has 22 heavy (non-hydrogen) atoms. The molecule has 0 fully saturated rings. The fourth-order valence-electron chi connectivity index (χ4n) is 1.75. The fourth-order valence-corrected chi connectivity index (χ4v) is 3.98. The van der Waals surface area contributed by atoms with E-state index in [1.807, 2.05) is 24.3 Å². The van der Waals surface area contributed by atoms with Crippen LogP contribution in [-0.4, -0.2) is 26.7 Å². The second kappa shape index (κ2) is 6.95. The molecule has 0 bridgehead atoms. The summed E-state index contributed by atoms with van der Waals surface area (Å²) in [6.07, 6.45) is 0. The lowest BCUT2D eigenvalue weighted by Crippen LogP contribution is -1.99. The molecule has 1 aromatic carbocycles. The van der Waals surface area contributed by atoms with E-state index in [9.17, 15) is 4.79 Å². The second-order valence-corrected chi connectivity index (χ2v) is 7.77. The largest absolute Gasteiger partial charge is 0.292 e. The Morgan fingerprint density at radius 3 is 2.86 bits per heavy atom. The molecule has 0 radical (unpaired) electrons. The third-order valence-electron chi connectivity index (χ3n) is 2.77. The highest BCUT2D eigenvalue weighted by Gasteiger charge is 2.13. The Morgan fingerprint density at radius 2 is 2.14 bits per heavy atom. The average molecular weight is 415 g/mol. The number of ketones is 1. The van der Waals surface area contributed by atoms with Gasteiger partial charge in [-0.3, -0.25) is 9.89 Å². The van der Waals surface area contributed by atoms with Gasteiger partial charge in [0.2, 0.25) is 5.16 Å². The van der Waals surface area contributed by atoms with Crippen LogP contribution in [0.1, 0.15) is 9.67 Å². The number of thiophene rings is 1. The Labute approximate surface area is 148 Å². The average Bonchev–Trinajstić information content (AvgIpc) is 3.14. The molecule has 0 aliphatic heterocycles. The number of nitrogens with one attached hydrogen (secondary N) is 1. The molecule has 3 rings (SSSR count). The predicted octanol–water partition coefficient (Wildman–Crippen LogP) is 4.92. The molecule has 8 heteroatoms. The van der Waals surface area contributed by atoms with Gasteiger partial charge in [0.25, 0.3) is 0 Å². The highest BCUT2D eigenvalue weighted by molar-refractivity contribution is 9.10. The quantitative estimate of drug-likeness (QED) is 0.475. The molecule has 3 aromatic rings. The van der Waals surface area contributed by atoms with Crippen molar-refractivity contribution in [2.45, 2.75) is 5.16 Å². The fraction of sp³-hybridized carbons (Fsp3) is 0.0714. The van der Waals surface area contributed by atoms with Gasteiger partial charge in [0.1, 0.15) is 0 Å². The third kappa shape index (κ3) is 3.60. The molecule has 0 amide bonds. The van der Waals surface area contributed by atoms with Crippen molar-refractivity contribution in [3.63, 3.8) is 0 Å². The van der Waals surface area contributed by atoms with Crippen molar-refractivity contribution < 1.29 is 4.79 Å². The Kier molecular flexibility index (Phi) is 4.97. The molecular weight excluding hydrogens is 406 g/mol. The summed E-state index contributed by atoms with van der Waals surface area (Å²) < 4.78 is 1.55. The summed E-state index contributed by atoms with van der Waals surface area (Å²) in [6.45, 7) is 0. The normalized spacial score (nSPS) is 10.8. The first-order valence-corrected chi connectivity index (χ1v) is 9.19. The molecular formula is C14H9BrClN3OS2. The van der Waals surface area contributed by atoms with Gasteiger partial charge < -0.3 is 0 Å². The molecule has 0 saturated carbocycles. The zero-order valence-electron chi connectivity index (χ0n) is 11.0. The lowest BCUT2D eigenvalue weighted by Gasteiger charge is -1.98. The van der Waals surface area contributed by atoms with Gasteiger partial charge in [0.05, 0.1) is 15.0 Å². The van der Waals surface area contributed by atoms with Crippen molar-refractivity contribution in [2.24, 2.45) is 0 Å². The van der Waals surface area contributed by atoms with Crippen LogP contribution in [0.3, 0.4) is 0 Å². The van der Waals surface area contributed by atoms with Crippen molar-refractivity contribution in [3.8, 4) is 11.4 Å².